The molecule has 5 nitrogen and oxygen atoms in total. The van der Waals surface area contributed by atoms with E-state index in [4.69, 9.17) is 32.7 Å². The molecule has 0 aliphatic heterocycles. The molecule has 0 saturated carbocycles. The third-order valence-corrected chi connectivity index (χ3v) is 3.71. The summed E-state index contributed by atoms with van der Waals surface area (Å²) >= 11 is 11.6. The number of esters is 1. The zero-order valence-electron chi connectivity index (χ0n) is 13.5. The van der Waals surface area contributed by atoms with Crippen LogP contribution in [0, 0.1) is 0 Å². The zero-order chi connectivity index (χ0) is 18.2. The van der Waals surface area contributed by atoms with E-state index in [2.05, 4.69) is 5.32 Å². The quantitative estimate of drug-likeness (QED) is 0.743. The first-order valence-corrected chi connectivity index (χ1v) is 8.29. The van der Waals surface area contributed by atoms with Crippen LogP contribution in [0.2, 0.25) is 10.0 Å². The highest BCUT2D eigenvalue weighted by atomic mass is 35.5. The van der Waals surface area contributed by atoms with Gasteiger partial charge in [-0.3, -0.25) is 4.79 Å². The van der Waals surface area contributed by atoms with Gasteiger partial charge in [0, 0.05) is 16.6 Å². The maximum atomic E-state index is 11.9. The molecule has 1 amide bonds. The van der Waals surface area contributed by atoms with Crippen LogP contribution in [0.3, 0.4) is 0 Å². The van der Waals surface area contributed by atoms with Crippen molar-refractivity contribution < 1.29 is 19.1 Å². The number of nitrogens with one attached hydrogen (secondary N) is 1. The number of carbonyl (C=O) groups is 2. The van der Waals surface area contributed by atoms with E-state index in [0.29, 0.717) is 22.3 Å². The number of amides is 1. The van der Waals surface area contributed by atoms with Crippen molar-refractivity contribution in [1.82, 2.24) is 5.32 Å². The molecule has 0 unspecified atom stereocenters. The Balaban J connectivity index is 1.71. The van der Waals surface area contributed by atoms with Gasteiger partial charge in [0.25, 0.3) is 5.91 Å². The molecule has 1 N–H and O–H groups in total. The lowest BCUT2D eigenvalue weighted by Crippen LogP contribution is -2.32. The van der Waals surface area contributed by atoms with Crippen molar-refractivity contribution >= 4 is 35.1 Å². The Morgan fingerprint density at radius 2 is 1.56 bits per heavy atom. The van der Waals surface area contributed by atoms with E-state index in [-0.39, 0.29) is 6.61 Å². The number of benzene rings is 2. The Kier molecular flexibility index (Phi) is 7.10. The lowest BCUT2D eigenvalue weighted by molar-refractivity contribution is -0.154. The van der Waals surface area contributed by atoms with Gasteiger partial charge in [-0.1, -0.05) is 35.3 Å². The first kappa shape index (κ1) is 19.1. The largest absolute Gasteiger partial charge is 0.479 e. The third-order valence-electron chi connectivity index (χ3n) is 3.21. The molecule has 2 aromatic carbocycles. The van der Waals surface area contributed by atoms with Crippen LogP contribution in [0.25, 0.3) is 0 Å². The van der Waals surface area contributed by atoms with Gasteiger partial charge in [-0.05, 0) is 48.9 Å². The Morgan fingerprint density at radius 1 is 1.00 bits per heavy atom. The highest BCUT2D eigenvalue weighted by Crippen LogP contribution is 2.17. The molecule has 7 heteroatoms. The van der Waals surface area contributed by atoms with Gasteiger partial charge in [-0.15, -0.1) is 0 Å². The van der Waals surface area contributed by atoms with Crippen LogP contribution in [0.5, 0.6) is 5.75 Å². The minimum absolute atomic E-state index is 0.324. The van der Waals surface area contributed by atoms with E-state index in [1.165, 1.54) is 0 Å². The molecule has 0 radical (unpaired) electrons. The summed E-state index contributed by atoms with van der Waals surface area (Å²) < 4.78 is 10.4. The molecule has 132 valence electrons. The lowest BCUT2D eigenvalue weighted by atomic mass is 10.2. The number of rotatable bonds is 7. The fraction of sp³-hybridized carbons (Fsp3) is 0.222. The van der Waals surface area contributed by atoms with Crippen molar-refractivity contribution in [1.29, 1.82) is 0 Å². The maximum Gasteiger partial charge on any atom is 0.347 e. The van der Waals surface area contributed by atoms with Gasteiger partial charge >= 0.3 is 5.97 Å². The number of halogens is 2. The van der Waals surface area contributed by atoms with Crippen molar-refractivity contribution in [3.05, 3.63) is 64.1 Å². The Bertz CT molecular complexity index is 717. The summed E-state index contributed by atoms with van der Waals surface area (Å²) in [5, 5.41) is 3.85. The van der Waals surface area contributed by atoms with Crippen molar-refractivity contribution in [3.63, 3.8) is 0 Å². The van der Waals surface area contributed by atoms with E-state index in [9.17, 15) is 9.59 Å². The van der Waals surface area contributed by atoms with Crippen LogP contribution < -0.4 is 10.1 Å². The number of ether oxygens (including phenoxy) is 2. The molecule has 0 spiro atoms. The van der Waals surface area contributed by atoms with Crippen LogP contribution >= 0.6 is 23.2 Å². The minimum Gasteiger partial charge on any atom is -0.479 e. The molecule has 25 heavy (non-hydrogen) atoms. The van der Waals surface area contributed by atoms with Crippen molar-refractivity contribution in [2.75, 3.05) is 6.61 Å². The van der Waals surface area contributed by atoms with Crippen LogP contribution in [0.4, 0.5) is 0 Å². The highest BCUT2D eigenvalue weighted by molar-refractivity contribution is 6.30. The van der Waals surface area contributed by atoms with E-state index in [0.717, 1.165) is 5.56 Å². The molecule has 2 rings (SSSR count). The first-order chi connectivity index (χ1) is 11.9. The predicted molar refractivity (Wildman–Crippen MR) is 95.8 cm³/mol. The van der Waals surface area contributed by atoms with Crippen molar-refractivity contribution in [2.45, 2.75) is 19.6 Å². The third kappa shape index (κ3) is 6.64. The molecule has 2 aromatic rings. The first-order valence-electron chi connectivity index (χ1n) is 7.54. The fourth-order valence-corrected chi connectivity index (χ4v) is 2.13. The lowest BCUT2D eigenvalue weighted by Gasteiger charge is -2.14. The fourth-order valence-electron chi connectivity index (χ4n) is 1.87. The van der Waals surface area contributed by atoms with Crippen LogP contribution in [0.15, 0.2) is 48.5 Å². The van der Waals surface area contributed by atoms with Gasteiger partial charge < -0.3 is 14.8 Å². The zero-order valence-corrected chi connectivity index (χ0v) is 15.0. The SMILES string of the molecule is C[C@H](Oc1ccc(Cl)cc1)C(=O)OCC(=O)NCc1ccc(Cl)cc1. The predicted octanol–water partition coefficient (Wildman–Crippen LogP) is 3.62. The summed E-state index contributed by atoms with van der Waals surface area (Å²) in [5.41, 5.74) is 0.892. The standard InChI is InChI=1S/C18H17Cl2NO4/c1-12(25-16-8-6-15(20)7-9-16)18(23)24-11-17(22)21-10-13-2-4-14(19)5-3-13/h2-9,12H,10-11H2,1H3,(H,21,22)/t12-/m0/s1. The molecule has 0 aliphatic rings. The summed E-state index contributed by atoms with van der Waals surface area (Å²) in [6.07, 6.45) is -0.842. The smallest absolute Gasteiger partial charge is 0.347 e. The topological polar surface area (TPSA) is 64.6 Å². The minimum atomic E-state index is -0.842. The second kappa shape index (κ2) is 9.30. The molecule has 0 bridgehead atoms. The normalized spacial score (nSPS) is 11.5. The summed E-state index contributed by atoms with van der Waals surface area (Å²) in [6.45, 7) is 1.49. The molecule has 1 atom stereocenters. The van der Waals surface area contributed by atoms with Crippen LogP contribution in [0.1, 0.15) is 12.5 Å². The number of carbonyl (C=O) groups excluding carboxylic acids is 2. The number of hydrogen-bond acceptors (Lipinski definition) is 4. The van der Waals surface area contributed by atoms with Crippen LogP contribution in [-0.2, 0) is 20.9 Å². The second-order valence-corrected chi connectivity index (χ2v) is 6.10. The molecular weight excluding hydrogens is 365 g/mol. The second-order valence-electron chi connectivity index (χ2n) is 5.22. The highest BCUT2D eigenvalue weighted by Gasteiger charge is 2.17. The maximum absolute atomic E-state index is 11.9. The monoisotopic (exact) mass is 381 g/mol. The molecule has 0 aromatic heterocycles. The van der Waals surface area contributed by atoms with Gasteiger partial charge in [-0.2, -0.15) is 0 Å². The molecule has 0 fully saturated rings. The Morgan fingerprint density at radius 3 is 2.16 bits per heavy atom. The summed E-state index contributed by atoms with van der Waals surface area (Å²) in [7, 11) is 0. The average Bonchev–Trinajstić information content (AvgIpc) is 2.61. The molecule has 0 aliphatic carbocycles. The summed E-state index contributed by atoms with van der Waals surface area (Å²) in [6, 6.07) is 13.7. The molecular formula is C18H17Cl2NO4. The van der Waals surface area contributed by atoms with Gasteiger partial charge in [0.15, 0.2) is 12.7 Å². The van der Waals surface area contributed by atoms with Crippen molar-refractivity contribution in [2.24, 2.45) is 0 Å². The molecule has 0 saturated heterocycles. The Hall–Kier alpha value is -2.24. The summed E-state index contributed by atoms with van der Waals surface area (Å²) in [5.74, 6) is -0.542. The van der Waals surface area contributed by atoms with Gasteiger partial charge in [0.1, 0.15) is 5.75 Å². The van der Waals surface area contributed by atoms with Gasteiger partial charge in [0.2, 0.25) is 0 Å². The van der Waals surface area contributed by atoms with Crippen molar-refractivity contribution in [3.8, 4) is 5.75 Å². The van der Waals surface area contributed by atoms with E-state index in [1.54, 1.807) is 55.5 Å². The Labute approximate surface area is 155 Å². The van der Waals surface area contributed by atoms with Gasteiger partial charge in [0.05, 0.1) is 0 Å². The van der Waals surface area contributed by atoms with E-state index in [1.807, 2.05) is 0 Å². The average molecular weight is 382 g/mol. The van der Waals surface area contributed by atoms with Crippen LogP contribution in [-0.4, -0.2) is 24.6 Å². The van der Waals surface area contributed by atoms with E-state index >= 15 is 0 Å². The summed E-state index contributed by atoms with van der Waals surface area (Å²) in [4.78, 5) is 23.6. The number of hydrogen-bond donors (Lipinski definition) is 1. The van der Waals surface area contributed by atoms with Gasteiger partial charge in [-0.25, -0.2) is 4.79 Å². The molecule has 0 heterocycles. The van der Waals surface area contributed by atoms with E-state index < -0.39 is 18.0 Å².